The minimum absolute atomic E-state index is 0.276. The van der Waals surface area contributed by atoms with Crippen LogP contribution in [0.3, 0.4) is 0 Å². The largest absolute Gasteiger partial charge is 0.396 e. The minimum Gasteiger partial charge on any atom is -0.396 e. The SMILES string of the molecule is C=C(CN)N(C)Cc1cccc(-c2cnc(N3CCC(CO)CC3)nc2)c1. The summed E-state index contributed by atoms with van der Waals surface area (Å²) in [5, 5.41) is 9.27. The summed E-state index contributed by atoms with van der Waals surface area (Å²) in [5.41, 5.74) is 9.88. The van der Waals surface area contributed by atoms with E-state index in [0.717, 1.165) is 55.2 Å². The quantitative estimate of drug-likeness (QED) is 0.782. The van der Waals surface area contributed by atoms with Gasteiger partial charge in [0.05, 0.1) is 0 Å². The highest BCUT2D eigenvalue weighted by molar-refractivity contribution is 5.63. The van der Waals surface area contributed by atoms with Crippen LogP contribution in [0.5, 0.6) is 0 Å². The molecule has 0 radical (unpaired) electrons. The smallest absolute Gasteiger partial charge is 0.225 e. The highest BCUT2D eigenvalue weighted by Crippen LogP contribution is 2.23. The van der Waals surface area contributed by atoms with E-state index in [9.17, 15) is 5.11 Å². The van der Waals surface area contributed by atoms with Crippen molar-refractivity contribution in [2.75, 3.05) is 38.2 Å². The lowest BCUT2D eigenvalue weighted by Crippen LogP contribution is -2.35. The lowest BCUT2D eigenvalue weighted by Gasteiger charge is -2.31. The Hall–Kier alpha value is -2.44. The molecule has 3 rings (SSSR count). The van der Waals surface area contributed by atoms with Crippen molar-refractivity contribution in [2.24, 2.45) is 11.7 Å². The Morgan fingerprint density at radius 1 is 1.26 bits per heavy atom. The highest BCUT2D eigenvalue weighted by Gasteiger charge is 2.20. The predicted octanol–water partition coefficient (Wildman–Crippen LogP) is 2.26. The number of aliphatic hydroxyl groups is 1. The van der Waals surface area contributed by atoms with E-state index in [0.29, 0.717) is 12.5 Å². The van der Waals surface area contributed by atoms with Crippen molar-refractivity contribution in [1.82, 2.24) is 14.9 Å². The van der Waals surface area contributed by atoms with Gasteiger partial charge in [0.15, 0.2) is 0 Å². The summed E-state index contributed by atoms with van der Waals surface area (Å²) in [4.78, 5) is 13.4. The standard InChI is InChI=1S/C21H29N5O/c1-16(11-22)25(2)14-18-4-3-5-19(10-18)20-12-23-21(24-13-20)26-8-6-17(15-27)7-9-26/h3-5,10,12-13,17,27H,1,6-9,11,14-15,22H2,2H3. The topological polar surface area (TPSA) is 78.5 Å². The third kappa shape index (κ3) is 4.84. The van der Waals surface area contributed by atoms with Gasteiger partial charge in [-0.2, -0.15) is 0 Å². The molecule has 1 aromatic heterocycles. The summed E-state index contributed by atoms with van der Waals surface area (Å²) in [6, 6.07) is 8.39. The van der Waals surface area contributed by atoms with Crippen LogP contribution < -0.4 is 10.6 Å². The van der Waals surface area contributed by atoms with Gasteiger partial charge in [0, 0.05) is 63.5 Å². The molecule has 27 heavy (non-hydrogen) atoms. The molecule has 6 nitrogen and oxygen atoms in total. The van der Waals surface area contributed by atoms with Crippen LogP contribution in [0, 0.1) is 5.92 Å². The van der Waals surface area contributed by atoms with Gasteiger partial charge in [-0.1, -0.05) is 24.8 Å². The summed E-state index contributed by atoms with van der Waals surface area (Å²) >= 11 is 0. The van der Waals surface area contributed by atoms with Gasteiger partial charge in [-0.05, 0) is 36.0 Å². The molecule has 0 atom stereocenters. The van der Waals surface area contributed by atoms with Gasteiger partial charge < -0.3 is 20.6 Å². The van der Waals surface area contributed by atoms with Crippen LogP contribution in [0.2, 0.25) is 0 Å². The zero-order chi connectivity index (χ0) is 19.2. The third-order valence-corrected chi connectivity index (χ3v) is 5.25. The Morgan fingerprint density at radius 3 is 2.59 bits per heavy atom. The minimum atomic E-state index is 0.276. The van der Waals surface area contributed by atoms with Crippen molar-refractivity contribution in [1.29, 1.82) is 0 Å². The maximum atomic E-state index is 9.27. The van der Waals surface area contributed by atoms with Gasteiger partial charge in [0.1, 0.15) is 0 Å². The Morgan fingerprint density at radius 2 is 1.96 bits per heavy atom. The zero-order valence-corrected chi connectivity index (χ0v) is 16.0. The van der Waals surface area contributed by atoms with Crippen LogP contribution >= 0.6 is 0 Å². The van der Waals surface area contributed by atoms with Crippen molar-refractivity contribution in [3.8, 4) is 11.1 Å². The molecular formula is C21H29N5O. The normalized spacial score (nSPS) is 15.0. The summed E-state index contributed by atoms with van der Waals surface area (Å²) in [6.07, 6.45) is 5.76. The number of nitrogens with two attached hydrogens (primary N) is 1. The molecule has 0 aliphatic carbocycles. The molecule has 1 aromatic carbocycles. The van der Waals surface area contributed by atoms with Crippen LogP contribution in [0.25, 0.3) is 11.1 Å². The van der Waals surface area contributed by atoms with Crippen molar-refractivity contribution >= 4 is 5.95 Å². The van der Waals surface area contributed by atoms with Crippen molar-refractivity contribution < 1.29 is 5.11 Å². The molecule has 2 aromatic rings. The first-order valence-electron chi connectivity index (χ1n) is 9.47. The number of rotatable bonds is 7. The van der Waals surface area contributed by atoms with Crippen molar-refractivity contribution in [2.45, 2.75) is 19.4 Å². The average molecular weight is 367 g/mol. The average Bonchev–Trinajstić information content (AvgIpc) is 2.73. The van der Waals surface area contributed by atoms with Gasteiger partial charge in [-0.15, -0.1) is 0 Å². The van der Waals surface area contributed by atoms with Crippen molar-refractivity contribution in [3.63, 3.8) is 0 Å². The predicted molar refractivity (Wildman–Crippen MR) is 109 cm³/mol. The molecule has 144 valence electrons. The molecule has 0 unspecified atom stereocenters. The summed E-state index contributed by atoms with van der Waals surface area (Å²) in [5.74, 6) is 1.18. The second kappa shape index (κ2) is 8.97. The Balaban J connectivity index is 1.68. The molecule has 1 aliphatic heterocycles. The number of aliphatic hydroxyl groups excluding tert-OH is 1. The maximum Gasteiger partial charge on any atom is 0.225 e. The molecule has 1 aliphatic rings. The number of hydrogen-bond acceptors (Lipinski definition) is 6. The molecule has 0 amide bonds. The van der Waals surface area contributed by atoms with E-state index in [2.05, 4.69) is 50.6 Å². The first-order chi connectivity index (χ1) is 13.1. The molecule has 6 heteroatoms. The molecule has 1 saturated heterocycles. The van der Waals surface area contributed by atoms with Gasteiger partial charge in [0.2, 0.25) is 5.95 Å². The van der Waals surface area contributed by atoms with E-state index in [1.807, 2.05) is 19.4 Å². The number of hydrogen-bond donors (Lipinski definition) is 2. The molecule has 1 fully saturated rings. The van der Waals surface area contributed by atoms with Gasteiger partial charge >= 0.3 is 0 Å². The molecule has 3 N–H and O–H groups in total. The van der Waals surface area contributed by atoms with Crippen LogP contribution in [0.15, 0.2) is 48.9 Å². The first-order valence-corrected chi connectivity index (χ1v) is 9.47. The maximum absolute atomic E-state index is 9.27. The molecule has 2 heterocycles. The summed E-state index contributed by atoms with van der Waals surface area (Å²) in [7, 11) is 2.00. The number of benzene rings is 1. The van der Waals surface area contributed by atoms with E-state index in [4.69, 9.17) is 5.73 Å². The number of anilines is 1. The zero-order valence-electron chi connectivity index (χ0n) is 16.0. The number of nitrogens with zero attached hydrogens (tertiary/aromatic N) is 4. The molecular weight excluding hydrogens is 338 g/mol. The van der Waals surface area contributed by atoms with Crippen molar-refractivity contribution in [3.05, 3.63) is 54.5 Å². The van der Waals surface area contributed by atoms with E-state index < -0.39 is 0 Å². The molecule has 0 spiro atoms. The van der Waals surface area contributed by atoms with Gasteiger partial charge in [-0.25, -0.2) is 9.97 Å². The fourth-order valence-electron chi connectivity index (χ4n) is 3.34. The molecule has 0 bridgehead atoms. The van der Waals surface area contributed by atoms with Crippen LogP contribution in [0.4, 0.5) is 5.95 Å². The fraction of sp³-hybridized carbons (Fsp3) is 0.429. The lowest BCUT2D eigenvalue weighted by molar-refractivity contribution is 0.202. The van der Waals surface area contributed by atoms with Gasteiger partial charge in [-0.3, -0.25) is 0 Å². The number of piperidine rings is 1. The van der Waals surface area contributed by atoms with E-state index in [-0.39, 0.29) is 6.61 Å². The Kier molecular flexibility index (Phi) is 6.42. The number of likely N-dealkylation sites (N-methyl/N-ethyl adjacent to an activating group) is 1. The van der Waals surface area contributed by atoms with E-state index in [1.165, 1.54) is 5.56 Å². The summed E-state index contributed by atoms with van der Waals surface area (Å²) in [6.45, 7) is 7.28. The highest BCUT2D eigenvalue weighted by atomic mass is 16.3. The Labute approximate surface area is 161 Å². The third-order valence-electron chi connectivity index (χ3n) is 5.25. The number of aromatic nitrogens is 2. The monoisotopic (exact) mass is 367 g/mol. The van der Waals surface area contributed by atoms with Gasteiger partial charge in [0.25, 0.3) is 0 Å². The Bertz CT molecular complexity index is 753. The van der Waals surface area contributed by atoms with E-state index in [1.54, 1.807) is 0 Å². The fourth-order valence-corrected chi connectivity index (χ4v) is 3.34. The van der Waals surface area contributed by atoms with E-state index >= 15 is 0 Å². The summed E-state index contributed by atoms with van der Waals surface area (Å²) < 4.78 is 0. The van der Waals surface area contributed by atoms with Crippen LogP contribution in [0.1, 0.15) is 18.4 Å². The first kappa shape index (κ1) is 19.3. The second-order valence-electron chi connectivity index (χ2n) is 7.21. The second-order valence-corrected chi connectivity index (χ2v) is 7.21. The van der Waals surface area contributed by atoms with Crippen LogP contribution in [-0.4, -0.2) is 53.3 Å². The molecule has 0 saturated carbocycles. The lowest BCUT2D eigenvalue weighted by atomic mass is 9.98. The van der Waals surface area contributed by atoms with Crippen LogP contribution in [-0.2, 0) is 6.54 Å².